The van der Waals surface area contributed by atoms with Crippen LogP contribution in [-0.2, 0) is 6.54 Å². The van der Waals surface area contributed by atoms with Gasteiger partial charge < -0.3 is 4.57 Å². The van der Waals surface area contributed by atoms with E-state index in [1.54, 1.807) is 0 Å². The van der Waals surface area contributed by atoms with E-state index in [0.29, 0.717) is 6.54 Å². The Morgan fingerprint density at radius 1 is 1.16 bits per heavy atom. The second-order valence-electron chi connectivity index (χ2n) is 4.18. The maximum Gasteiger partial charge on any atom is 0.142 e. The summed E-state index contributed by atoms with van der Waals surface area (Å²) >= 11 is 3.46. The topological polar surface area (TPSA) is 41.6 Å². The molecule has 0 radical (unpaired) electrons. The average Bonchev–Trinajstić information content (AvgIpc) is 2.79. The number of para-hydroxylation sites is 2. The maximum absolute atomic E-state index is 9.02. The number of aromatic nitrogens is 2. The Morgan fingerprint density at radius 3 is 2.79 bits per heavy atom. The predicted octanol–water partition coefficient (Wildman–Crippen LogP) is 3.99. The van der Waals surface area contributed by atoms with Crippen molar-refractivity contribution in [3.05, 3.63) is 53.0 Å². The first kappa shape index (κ1) is 11.9. The lowest BCUT2D eigenvalue weighted by Gasteiger charge is -2.05. The molecule has 0 spiro atoms. The van der Waals surface area contributed by atoms with Gasteiger partial charge in [0.1, 0.15) is 12.4 Å². The molecule has 1 aromatic heterocycles. The Morgan fingerprint density at radius 2 is 2.00 bits per heavy atom. The Labute approximate surface area is 119 Å². The molecule has 0 bridgehead atoms. The second kappa shape index (κ2) is 4.87. The van der Waals surface area contributed by atoms with Gasteiger partial charge in [-0.3, -0.25) is 0 Å². The normalized spacial score (nSPS) is 10.5. The number of fused-ring (bicyclic) bond motifs is 1. The van der Waals surface area contributed by atoms with Crippen LogP contribution in [0.4, 0.5) is 0 Å². The molecule has 0 saturated heterocycles. The van der Waals surface area contributed by atoms with Gasteiger partial charge >= 0.3 is 0 Å². The van der Waals surface area contributed by atoms with E-state index in [4.69, 9.17) is 5.26 Å². The van der Waals surface area contributed by atoms with Gasteiger partial charge in [-0.15, -0.1) is 0 Å². The van der Waals surface area contributed by atoms with E-state index in [1.807, 2.05) is 53.1 Å². The number of nitrogens with zero attached hydrogens (tertiary/aromatic N) is 3. The lowest BCUT2D eigenvalue weighted by molar-refractivity contribution is 0.870. The third-order valence-electron chi connectivity index (χ3n) is 2.97. The van der Waals surface area contributed by atoms with E-state index in [1.165, 1.54) is 0 Å². The van der Waals surface area contributed by atoms with Gasteiger partial charge in [-0.25, -0.2) is 4.98 Å². The first-order valence-corrected chi connectivity index (χ1v) is 6.67. The zero-order valence-corrected chi connectivity index (χ0v) is 11.6. The third kappa shape index (κ3) is 2.13. The molecular formula is C15H10BrN3. The minimum absolute atomic E-state index is 0.294. The van der Waals surface area contributed by atoms with Crippen LogP contribution in [0.3, 0.4) is 0 Å². The van der Waals surface area contributed by atoms with Crippen LogP contribution in [0, 0.1) is 11.3 Å². The van der Waals surface area contributed by atoms with Gasteiger partial charge in [0, 0.05) is 10.0 Å². The van der Waals surface area contributed by atoms with Crippen molar-refractivity contribution < 1.29 is 0 Å². The summed E-state index contributed by atoms with van der Waals surface area (Å²) in [6, 6.07) is 18.0. The maximum atomic E-state index is 9.02. The average molecular weight is 312 g/mol. The quantitative estimate of drug-likeness (QED) is 0.718. The van der Waals surface area contributed by atoms with E-state index in [2.05, 4.69) is 27.0 Å². The summed E-state index contributed by atoms with van der Waals surface area (Å²) in [5.41, 5.74) is 2.90. The summed E-state index contributed by atoms with van der Waals surface area (Å²) in [6.45, 7) is 0.294. The molecule has 3 aromatic rings. The minimum atomic E-state index is 0.294. The van der Waals surface area contributed by atoms with Crippen molar-refractivity contribution in [1.29, 1.82) is 5.26 Å². The van der Waals surface area contributed by atoms with E-state index in [9.17, 15) is 0 Å². The smallest absolute Gasteiger partial charge is 0.142 e. The van der Waals surface area contributed by atoms with Crippen molar-refractivity contribution >= 4 is 27.0 Å². The molecule has 2 aromatic carbocycles. The second-order valence-corrected chi connectivity index (χ2v) is 5.09. The van der Waals surface area contributed by atoms with Crippen molar-refractivity contribution in [2.75, 3.05) is 0 Å². The molecule has 1 heterocycles. The highest BCUT2D eigenvalue weighted by Crippen LogP contribution is 2.26. The Balaban J connectivity index is 2.28. The molecule has 92 valence electrons. The van der Waals surface area contributed by atoms with Crippen LogP contribution in [0.5, 0.6) is 0 Å². The molecule has 0 aliphatic heterocycles. The summed E-state index contributed by atoms with van der Waals surface area (Å²) in [4.78, 5) is 4.63. The zero-order chi connectivity index (χ0) is 13.2. The largest absolute Gasteiger partial charge is 0.310 e. The molecule has 0 aliphatic carbocycles. The van der Waals surface area contributed by atoms with Crippen molar-refractivity contribution in [1.82, 2.24) is 9.55 Å². The number of imidazole rings is 1. The molecule has 3 nitrogen and oxygen atoms in total. The van der Waals surface area contributed by atoms with Crippen LogP contribution >= 0.6 is 15.9 Å². The predicted molar refractivity (Wildman–Crippen MR) is 78.5 cm³/mol. The Kier molecular flexibility index (Phi) is 3.06. The van der Waals surface area contributed by atoms with Crippen LogP contribution in [-0.4, -0.2) is 9.55 Å². The van der Waals surface area contributed by atoms with Gasteiger partial charge in [0.25, 0.3) is 0 Å². The molecule has 0 aliphatic rings. The molecular weight excluding hydrogens is 302 g/mol. The molecule has 0 amide bonds. The first-order valence-electron chi connectivity index (χ1n) is 5.88. The Hall–Kier alpha value is -2.12. The van der Waals surface area contributed by atoms with E-state index in [-0.39, 0.29) is 0 Å². The van der Waals surface area contributed by atoms with Crippen LogP contribution < -0.4 is 0 Å². The summed E-state index contributed by atoms with van der Waals surface area (Å²) in [6.07, 6.45) is 0. The van der Waals surface area contributed by atoms with Crippen LogP contribution in [0.25, 0.3) is 22.4 Å². The minimum Gasteiger partial charge on any atom is -0.310 e. The molecule has 0 unspecified atom stereocenters. The number of nitriles is 1. The summed E-state index contributed by atoms with van der Waals surface area (Å²) in [5, 5.41) is 9.02. The highest BCUT2D eigenvalue weighted by atomic mass is 79.9. The van der Waals surface area contributed by atoms with E-state index < -0.39 is 0 Å². The van der Waals surface area contributed by atoms with Gasteiger partial charge in [0.15, 0.2) is 0 Å². The van der Waals surface area contributed by atoms with Crippen molar-refractivity contribution in [3.8, 4) is 17.5 Å². The zero-order valence-electron chi connectivity index (χ0n) is 10.0. The van der Waals surface area contributed by atoms with Gasteiger partial charge in [-0.1, -0.05) is 40.2 Å². The van der Waals surface area contributed by atoms with Crippen LogP contribution in [0.2, 0.25) is 0 Å². The lowest BCUT2D eigenvalue weighted by Crippen LogP contribution is -1.98. The SMILES string of the molecule is N#CCn1c(-c2cccc(Br)c2)nc2ccccc21. The third-order valence-corrected chi connectivity index (χ3v) is 3.46. The fraction of sp³-hybridized carbons (Fsp3) is 0.0667. The number of hydrogen-bond acceptors (Lipinski definition) is 2. The highest BCUT2D eigenvalue weighted by molar-refractivity contribution is 9.10. The number of benzene rings is 2. The molecule has 3 rings (SSSR count). The van der Waals surface area contributed by atoms with Crippen molar-refractivity contribution in [2.24, 2.45) is 0 Å². The van der Waals surface area contributed by atoms with Crippen LogP contribution in [0.1, 0.15) is 0 Å². The monoisotopic (exact) mass is 311 g/mol. The standard InChI is InChI=1S/C15H10BrN3/c16-12-5-3-4-11(10-12)15-18-13-6-1-2-7-14(13)19(15)9-8-17/h1-7,10H,9H2. The van der Waals surface area contributed by atoms with E-state index in [0.717, 1.165) is 26.9 Å². The molecule has 0 N–H and O–H groups in total. The van der Waals surface area contributed by atoms with Crippen molar-refractivity contribution in [3.63, 3.8) is 0 Å². The molecule has 0 fully saturated rings. The summed E-state index contributed by atoms with van der Waals surface area (Å²) in [5.74, 6) is 0.823. The lowest BCUT2D eigenvalue weighted by atomic mass is 10.2. The molecule has 0 atom stereocenters. The Bertz CT molecular complexity index is 783. The molecule has 0 saturated carbocycles. The first-order chi connectivity index (χ1) is 9.29. The fourth-order valence-corrected chi connectivity index (χ4v) is 2.55. The molecule has 4 heteroatoms. The van der Waals surface area contributed by atoms with Crippen LogP contribution in [0.15, 0.2) is 53.0 Å². The molecule has 19 heavy (non-hydrogen) atoms. The van der Waals surface area contributed by atoms with Gasteiger partial charge in [0.05, 0.1) is 17.1 Å². The van der Waals surface area contributed by atoms with Gasteiger partial charge in [-0.2, -0.15) is 5.26 Å². The summed E-state index contributed by atoms with van der Waals surface area (Å²) in [7, 11) is 0. The number of halogens is 1. The van der Waals surface area contributed by atoms with Gasteiger partial charge in [-0.05, 0) is 24.3 Å². The van der Waals surface area contributed by atoms with Gasteiger partial charge in [0.2, 0.25) is 0 Å². The highest BCUT2D eigenvalue weighted by Gasteiger charge is 2.11. The number of rotatable bonds is 2. The summed E-state index contributed by atoms with van der Waals surface area (Å²) < 4.78 is 2.94. The van der Waals surface area contributed by atoms with Crippen molar-refractivity contribution in [2.45, 2.75) is 6.54 Å². The fourth-order valence-electron chi connectivity index (χ4n) is 2.15. The van der Waals surface area contributed by atoms with E-state index >= 15 is 0 Å². The number of hydrogen-bond donors (Lipinski definition) is 0.